The van der Waals surface area contributed by atoms with E-state index in [0.29, 0.717) is 0 Å². The maximum atomic E-state index is 2.71. The second-order valence-electron chi connectivity index (χ2n) is 6.03. The van der Waals surface area contributed by atoms with Crippen molar-refractivity contribution in [1.82, 2.24) is 14.7 Å². The van der Waals surface area contributed by atoms with Crippen LogP contribution in [0.15, 0.2) is 0 Å². The molecule has 100 valence electrons. The topological polar surface area (TPSA) is 9.72 Å². The highest BCUT2D eigenvalue weighted by Crippen LogP contribution is 2.20. The normalized spacial score (nSPS) is 27.4. The summed E-state index contributed by atoms with van der Waals surface area (Å²) in [6.45, 7) is 16.9. The molecule has 1 unspecified atom stereocenters. The van der Waals surface area contributed by atoms with Crippen molar-refractivity contribution in [2.75, 3.05) is 39.3 Å². The van der Waals surface area contributed by atoms with Gasteiger partial charge >= 0.3 is 0 Å². The van der Waals surface area contributed by atoms with E-state index in [2.05, 4.69) is 42.4 Å². The summed E-state index contributed by atoms with van der Waals surface area (Å²) in [5.74, 6) is 0. The molecule has 0 N–H and O–H groups in total. The maximum absolute atomic E-state index is 2.71. The molecule has 0 aromatic carbocycles. The molecule has 17 heavy (non-hydrogen) atoms. The van der Waals surface area contributed by atoms with E-state index in [-0.39, 0.29) is 0 Å². The Kier molecular flexibility index (Phi) is 4.45. The van der Waals surface area contributed by atoms with Gasteiger partial charge in [-0.3, -0.25) is 14.7 Å². The van der Waals surface area contributed by atoms with Crippen LogP contribution in [-0.2, 0) is 0 Å². The fourth-order valence-corrected chi connectivity index (χ4v) is 2.96. The second kappa shape index (κ2) is 5.68. The zero-order valence-electron chi connectivity index (χ0n) is 12.0. The molecule has 3 heteroatoms. The lowest BCUT2D eigenvalue weighted by Crippen LogP contribution is -2.64. The third-order valence-corrected chi connectivity index (χ3v) is 4.70. The van der Waals surface area contributed by atoms with Gasteiger partial charge in [-0.05, 0) is 27.2 Å². The van der Waals surface area contributed by atoms with Crippen molar-refractivity contribution >= 4 is 0 Å². The minimum Gasteiger partial charge on any atom is -0.298 e. The van der Waals surface area contributed by atoms with Gasteiger partial charge in [-0.1, -0.05) is 6.92 Å². The van der Waals surface area contributed by atoms with Crippen LogP contribution in [0.1, 0.15) is 34.1 Å². The van der Waals surface area contributed by atoms with E-state index in [9.17, 15) is 0 Å². The molecule has 0 aromatic rings. The van der Waals surface area contributed by atoms with Crippen LogP contribution >= 0.6 is 0 Å². The third-order valence-electron chi connectivity index (χ3n) is 4.70. The van der Waals surface area contributed by atoms with E-state index in [1.807, 2.05) is 0 Å². The molecule has 0 aliphatic carbocycles. The second-order valence-corrected chi connectivity index (χ2v) is 6.03. The number of piperazine rings is 1. The average Bonchev–Trinajstić information content (AvgIpc) is 2.27. The molecule has 2 aliphatic rings. The van der Waals surface area contributed by atoms with Gasteiger partial charge < -0.3 is 0 Å². The summed E-state index contributed by atoms with van der Waals surface area (Å²) in [6.07, 6.45) is 1.29. The van der Waals surface area contributed by atoms with Crippen LogP contribution in [0.25, 0.3) is 0 Å². The number of hydrogen-bond donors (Lipinski definition) is 0. The predicted molar refractivity (Wildman–Crippen MR) is 73.4 cm³/mol. The van der Waals surface area contributed by atoms with Gasteiger partial charge in [0.05, 0.1) is 0 Å². The van der Waals surface area contributed by atoms with E-state index in [1.165, 1.54) is 45.7 Å². The fourth-order valence-electron chi connectivity index (χ4n) is 2.96. The summed E-state index contributed by atoms with van der Waals surface area (Å²) in [6, 6.07) is 2.34. The van der Waals surface area contributed by atoms with Gasteiger partial charge in [0.1, 0.15) is 0 Å². The van der Waals surface area contributed by atoms with Gasteiger partial charge in [-0.2, -0.15) is 0 Å². The Morgan fingerprint density at radius 2 is 1.53 bits per heavy atom. The fraction of sp³-hybridized carbons (Fsp3) is 1.00. The predicted octanol–water partition coefficient (Wildman–Crippen LogP) is 1.50. The smallest absolute Gasteiger partial charge is 0.0351 e. The molecule has 2 aliphatic heterocycles. The summed E-state index contributed by atoms with van der Waals surface area (Å²) in [5, 5.41) is 0. The Hall–Kier alpha value is -0.120. The quantitative estimate of drug-likeness (QED) is 0.736. The van der Waals surface area contributed by atoms with E-state index in [0.717, 1.165) is 18.1 Å². The lowest BCUT2D eigenvalue weighted by molar-refractivity contribution is -0.0177. The van der Waals surface area contributed by atoms with Crippen LogP contribution in [0.5, 0.6) is 0 Å². The zero-order chi connectivity index (χ0) is 12.4. The Morgan fingerprint density at radius 3 is 2.00 bits per heavy atom. The first-order valence-electron chi connectivity index (χ1n) is 7.34. The lowest BCUT2D eigenvalue weighted by atomic mass is 10.0. The van der Waals surface area contributed by atoms with E-state index < -0.39 is 0 Å². The number of rotatable bonds is 4. The summed E-state index contributed by atoms with van der Waals surface area (Å²) >= 11 is 0. The summed E-state index contributed by atoms with van der Waals surface area (Å²) < 4.78 is 0. The van der Waals surface area contributed by atoms with E-state index in [4.69, 9.17) is 0 Å². The van der Waals surface area contributed by atoms with Crippen molar-refractivity contribution < 1.29 is 0 Å². The molecule has 2 heterocycles. The first-order valence-corrected chi connectivity index (χ1v) is 7.34. The molecule has 0 spiro atoms. The molecular weight excluding hydrogens is 210 g/mol. The largest absolute Gasteiger partial charge is 0.298 e. The molecular formula is C14H29N3. The van der Waals surface area contributed by atoms with Gasteiger partial charge in [0.25, 0.3) is 0 Å². The van der Waals surface area contributed by atoms with Gasteiger partial charge in [0.15, 0.2) is 0 Å². The average molecular weight is 239 g/mol. The molecule has 0 bridgehead atoms. The monoisotopic (exact) mass is 239 g/mol. The van der Waals surface area contributed by atoms with Gasteiger partial charge in [0, 0.05) is 57.4 Å². The molecule has 0 saturated carbocycles. The van der Waals surface area contributed by atoms with Gasteiger partial charge in [-0.15, -0.1) is 0 Å². The molecule has 2 rings (SSSR count). The number of hydrogen-bond acceptors (Lipinski definition) is 3. The van der Waals surface area contributed by atoms with Crippen molar-refractivity contribution in [3.63, 3.8) is 0 Å². The van der Waals surface area contributed by atoms with Crippen LogP contribution in [0.2, 0.25) is 0 Å². The Morgan fingerprint density at radius 1 is 0.941 bits per heavy atom. The van der Waals surface area contributed by atoms with Crippen LogP contribution in [0, 0.1) is 0 Å². The van der Waals surface area contributed by atoms with E-state index >= 15 is 0 Å². The number of likely N-dealkylation sites (tertiary alicyclic amines) is 1. The first kappa shape index (κ1) is 13.3. The van der Waals surface area contributed by atoms with Crippen LogP contribution in [0.4, 0.5) is 0 Å². The summed E-state index contributed by atoms with van der Waals surface area (Å²) in [4.78, 5) is 7.93. The molecule has 3 nitrogen and oxygen atoms in total. The standard InChI is InChI=1S/C14H29N3/c1-5-13(4)17-10-14(11-17)16-8-6-15(7-9-16)12(2)3/h12-14H,5-11H2,1-4H3. The Balaban J connectivity index is 1.70. The summed E-state index contributed by atoms with van der Waals surface area (Å²) in [7, 11) is 0. The highest BCUT2D eigenvalue weighted by Gasteiger charge is 2.35. The Labute approximate surface area is 107 Å². The highest BCUT2D eigenvalue weighted by atomic mass is 15.4. The van der Waals surface area contributed by atoms with Crippen molar-refractivity contribution in [1.29, 1.82) is 0 Å². The van der Waals surface area contributed by atoms with Gasteiger partial charge in [0.2, 0.25) is 0 Å². The molecule has 0 aromatic heterocycles. The van der Waals surface area contributed by atoms with Crippen molar-refractivity contribution in [3.05, 3.63) is 0 Å². The number of nitrogens with zero attached hydrogens (tertiary/aromatic N) is 3. The lowest BCUT2D eigenvalue weighted by Gasteiger charge is -2.50. The molecule has 0 amide bonds. The Bertz CT molecular complexity index is 228. The van der Waals surface area contributed by atoms with Crippen molar-refractivity contribution in [2.24, 2.45) is 0 Å². The van der Waals surface area contributed by atoms with E-state index in [1.54, 1.807) is 0 Å². The molecule has 0 radical (unpaired) electrons. The molecule has 2 fully saturated rings. The molecule has 2 saturated heterocycles. The van der Waals surface area contributed by atoms with Crippen molar-refractivity contribution in [2.45, 2.75) is 52.2 Å². The first-order chi connectivity index (χ1) is 8.11. The van der Waals surface area contributed by atoms with Crippen LogP contribution in [0.3, 0.4) is 0 Å². The summed E-state index contributed by atoms with van der Waals surface area (Å²) in [5.41, 5.74) is 0. The zero-order valence-corrected chi connectivity index (χ0v) is 12.0. The molecule has 1 atom stereocenters. The van der Waals surface area contributed by atoms with Crippen LogP contribution in [-0.4, -0.2) is 72.1 Å². The van der Waals surface area contributed by atoms with Gasteiger partial charge in [-0.25, -0.2) is 0 Å². The maximum Gasteiger partial charge on any atom is 0.0351 e. The highest BCUT2D eigenvalue weighted by molar-refractivity contribution is 4.92. The van der Waals surface area contributed by atoms with Crippen molar-refractivity contribution in [3.8, 4) is 0 Å². The third kappa shape index (κ3) is 3.01. The minimum absolute atomic E-state index is 0.718. The van der Waals surface area contributed by atoms with Crippen LogP contribution < -0.4 is 0 Å². The SMILES string of the molecule is CCC(C)N1CC(N2CCN(C(C)C)CC2)C1. The minimum atomic E-state index is 0.718.